The average Bonchev–Trinajstić information content (AvgIpc) is 2.77. The number of hydrogen-bond acceptors (Lipinski definition) is 2. The van der Waals surface area contributed by atoms with Crippen molar-refractivity contribution in [3.05, 3.63) is 91.6 Å². The fourth-order valence-corrected chi connectivity index (χ4v) is 3.85. The molecule has 1 aromatic heterocycles. The van der Waals surface area contributed by atoms with Gasteiger partial charge in [0.25, 0.3) is 11.1 Å². The molecule has 0 aliphatic heterocycles. The fourth-order valence-electron chi connectivity index (χ4n) is 3.85. The van der Waals surface area contributed by atoms with E-state index in [-0.39, 0.29) is 11.1 Å². The molecule has 0 spiro atoms. The molecule has 0 aliphatic rings. The van der Waals surface area contributed by atoms with Crippen molar-refractivity contribution in [2.24, 2.45) is 7.05 Å². The highest BCUT2D eigenvalue weighted by molar-refractivity contribution is 5.80. The van der Waals surface area contributed by atoms with Gasteiger partial charge in [-0.2, -0.15) is 0 Å². The Kier molecular flexibility index (Phi) is 10.4. The minimum atomic E-state index is -0.143. The van der Waals surface area contributed by atoms with Crippen molar-refractivity contribution in [2.45, 2.75) is 79.7 Å². The van der Waals surface area contributed by atoms with Crippen LogP contribution in [0.25, 0.3) is 10.8 Å². The molecule has 4 heteroatoms. The van der Waals surface area contributed by atoms with Gasteiger partial charge in [-0.3, -0.25) is 9.59 Å². The summed E-state index contributed by atoms with van der Waals surface area (Å²) < 4.78 is 2.94. The summed E-state index contributed by atoms with van der Waals surface area (Å²) in [4.78, 5) is 25.4. The van der Waals surface area contributed by atoms with Crippen molar-refractivity contribution >= 4 is 10.8 Å². The molecule has 0 bridgehead atoms. The van der Waals surface area contributed by atoms with Crippen molar-refractivity contribution in [1.29, 1.82) is 0 Å². The lowest BCUT2D eigenvalue weighted by atomic mass is 10.0. The van der Waals surface area contributed by atoms with E-state index in [1.54, 1.807) is 31.3 Å². The minimum absolute atomic E-state index is 0.128. The number of benzene rings is 1. The minimum Gasteiger partial charge on any atom is -0.267 e. The summed E-state index contributed by atoms with van der Waals surface area (Å²) >= 11 is 0. The smallest absolute Gasteiger partial charge is 0.267 e. The highest BCUT2D eigenvalue weighted by Gasteiger charge is 2.09. The van der Waals surface area contributed by atoms with E-state index < -0.39 is 0 Å². The van der Waals surface area contributed by atoms with Crippen LogP contribution in [0.5, 0.6) is 0 Å². The quantitative estimate of drug-likeness (QED) is 0.353. The summed E-state index contributed by atoms with van der Waals surface area (Å²) in [7, 11) is 1.66. The zero-order chi connectivity index (χ0) is 24.4. The van der Waals surface area contributed by atoms with E-state index in [2.05, 4.69) is 58.9 Å². The molecule has 0 fully saturated rings. The standard InChI is InChI=1S/C29H40N2O2/c1-22(2)12-9-13-23(3)14-10-15-24(4)16-11-17-25(5)20-21-31-29(33)27-19-8-7-18-26(27)28(32)30(31)6/h7-8,12,14,16,18-20H,9-11,13,15,17,21H2,1-6H3/b23-14+,24-16+,25-20+. The molecule has 178 valence electrons. The summed E-state index contributed by atoms with van der Waals surface area (Å²) in [6, 6.07) is 7.02. The molecule has 0 saturated carbocycles. The van der Waals surface area contributed by atoms with Crippen LogP contribution in [0.15, 0.2) is 80.5 Å². The van der Waals surface area contributed by atoms with Crippen molar-refractivity contribution in [2.75, 3.05) is 0 Å². The maximum atomic E-state index is 12.8. The molecule has 33 heavy (non-hydrogen) atoms. The van der Waals surface area contributed by atoms with Crippen LogP contribution in [0.1, 0.15) is 73.1 Å². The molecule has 4 nitrogen and oxygen atoms in total. The lowest BCUT2D eigenvalue weighted by Gasteiger charge is -2.12. The SMILES string of the molecule is CC(C)=CCC/C(C)=C/CC/C(C)=C/CC/C(C)=C/Cn1c(=O)c2ccccc2c(=O)n1C. The van der Waals surface area contributed by atoms with Crippen molar-refractivity contribution in [1.82, 2.24) is 9.36 Å². The average molecular weight is 449 g/mol. The second-order valence-electron chi connectivity index (χ2n) is 9.31. The van der Waals surface area contributed by atoms with E-state index in [0.717, 1.165) is 38.5 Å². The molecule has 2 rings (SSSR count). The summed E-state index contributed by atoms with van der Waals surface area (Å²) in [5, 5.41) is 0.951. The van der Waals surface area contributed by atoms with Gasteiger partial charge in [0.05, 0.1) is 17.3 Å². The Balaban J connectivity index is 1.88. The van der Waals surface area contributed by atoms with Crippen LogP contribution < -0.4 is 11.1 Å². The number of nitrogens with zero attached hydrogens (tertiary/aromatic N) is 2. The third-order valence-electron chi connectivity index (χ3n) is 6.05. The molecule has 2 aromatic rings. The third-order valence-corrected chi connectivity index (χ3v) is 6.05. The number of allylic oxidation sites excluding steroid dienone is 8. The predicted molar refractivity (Wildman–Crippen MR) is 142 cm³/mol. The Bertz CT molecular complexity index is 1180. The Morgan fingerprint density at radius 3 is 1.67 bits per heavy atom. The fraction of sp³-hybridized carbons (Fsp3) is 0.448. The summed E-state index contributed by atoms with van der Waals surface area (Å²) in [6.45, 7) is 11.2. The van der Waals surface area contributed by atoms with Crippen LogP contribution in [-0.2, 0) is 13.6 Å². The van der Waals surface area contributed by atoms with Crippen LogP contribution in [0.4, 0.5) is 0 Å². The molecular formula is C29H40N2O2. The number of hydrogen-bond donors (Lipinski definition) is 0. The third kappa shape index (κ3) is 8.20. The van der Waals surface area contributed by atoms with Crippen LogP contribution in [0, 0.1) is 0 Å². The Morgan fingerprint density at radius 2 is 1.15 bits per heavy atom. The molecule has 0 unspecified atom stereocenters. The molecule has 1 aromatic carbocycles. The highest BCUT2D eigenvalue weighted by Crippen LogP contribution is 2.13. The largest absolute Gasteiger partial charge is 0.273 e. The second kappa shape index (κ2) is 13.0. The Labute approximate surface area is 198 Å². The van der Waals surface area contributed by atoms with Gasteiger partial charge in [0, 0.05) is 7.05 Å². The number of aromatic nitrogens is 2. The molecule has 0 atom stereocenters. The van der Waals surface area contributed by atoms with Crippen LogP contribution in [0.2, 0.25) is 0 Å². The molecule has 0 N–H and O–H groups in total. The molecule has 0 radical (unpaired) electrons. The van der Waals surface area contributed by atoms with Gasteiger partial charge in [0.1, 0.15) is 0 Å². The first-order chi connectivity index (χ1) is 15.7. The van der Waals surface area contributed by atoms with E-state index in [9.17, 15) is 9.59 Å². The Morgan fingerprint density at radius 1 is 0.697 bits per heavy atom. The van der Waals surface area contributed by atoms with Gasteiger partial charge < -0.3 is 0 Å². The van der Waals surface area contributed by atoms with Gasteiger partial charge >= 0.3 is 0 Å². The van der Waals surface area contributed by atoms with E-state index in [4.69, 9.17) is 0 Å². The first kappa shape index (κ1) is 26.4. The monoisotopic (exact) mass is 448 g/mol. The predicted octanol–water partition coefficient (Wildman–Crippen LogP) is 6.85. The maximum Gasteiger partial charge on any atom is 0.273 e. The Hall–Kier alpha value is -2.88. The molecule has 0 amide bonds. The lowest BCUT2D eigenvalue weighted by molar-refractivity contribution is 0.509. The number of fused-ring (bicyclic) bond motifs is 1. The summed E-state index contributed by atoms with van der Waals surface area (Å²) in [5.74, 6) is 0. The first-order valence-corrected chi connectivity index (χ1v) is 12.0. The van der Waals surface area contributed by atoms with Gasteiger partial charge in [0.2, 0.25) is 0 Å². The first-order valence-electron chi connectivity index (χ1n) is 12.0. The van der Waals surface area contributed by atoms with E-state index in [0.29, 0.717) is 17.3 Å². The van der Waals surface area contributed by atoms with Crippen LogP contribution in [0.3, 0.4) is 0 Å². The lowest BCUT2D eigenvalue weighted by Crippen LogP contribution is -2.36. The van der Waals surface area contributed by atoms with Crippen molar-refractivity contribution in [3.63, 3.8) is 0 Å². The van der Waals surface area contributed by atoms with Gasteiger partial charge in [-0.05, 0) is 85.3 Å². The van der Waals surface area contributed by atoms with Crippen LogP contribution >= 0.6 is 0 Å². The van der Waals surface area contributed by atoms with Crippen molar-refractivity contribution in [3.8, 4) is 0 Å². The normalized spacial score (nSPS) is 13.0. The van der Waals surface area contributed by atoms with E-state index >= 15 is 0 Å². The topological polar surface area (TPSA) is 44.0 Å². The van der Waals surface area contributed by atoms with Crippen LogP contribution in [-0.4, -0.2) is 9.36 Å². The van der Waals surface area contributed by atoms with Gasteiger partial charge in [-0.1, -0.05) is 58.7 Å². The zero-order valence-electron chi connectivity index (χ0n) is 21.3. The number of rotatable bonds is 11. The molecule has 0 saturated heterocycles. The van der Waals surface area contributed by atoms with Gasteiger partial charge in [-0.15, -0.1) is 0 Å². The molecular weight excluding hydrogens is 408 g/mol. The van der Waals surface area contributed by atoms with E-state index in [1.165, 1.54) is 31.7 Å². The zero-order valence-corrected chi connectivity index (χ0v) is 21.3. The maximum absolute atomic E-state index is 12.8. The summed E-state index contributed by atoms with van der Waals surface area (Å²) in [5.41, 5.74) is 5.23. The second-order valence-corrected chi connectivity index (χ2v) is 9.31. The molecule has 0 aliphatic carbocycles. The summed E-state index contributed by atoms with van der Waals surface area (Å²) in [6.07, 6.45) is 15.4. The highest BCUT2D eigenvalue weighted by atomic mass is 16.2. The van der Waals surface area contributed by atoms with E-state index in [1.807, 2.05) is 0 Å². The molecule has 1 heterocycles. The van der Waals surface area contributed by atoms with Gasteiger partial charge in [-0.25, -0.2) is 9.36 Å². The van der Waals surface area contributed by atoms with Crippen molar-refractivity contribution < 1.29 is 0 Å². The van der Waals surface area contributed by atoms with Gasteiger partial charge in [0.15, 0.2) is 0 Å².